The van der Waals surface area contributed by atoms with Crippen LogP contribution in [0.25, 0.3) is 33.9 Å². The van der Waals surface area contributed by atoms with Crippen molar-refractivity contribution in [2.75, 3.05) is 12.0 Å². The SMILES string of the molecule is CS(=O)(=O)c1cccc(-n2ncc3c(=O)n(-c4ccc(Cl)cc4)c(-c4ccc(N)cn4)nc32)c1. The van der Waals surface area contributed by atoms with Crippen LogP contribution in [0, 0.1) is 0 Å². The zero-order valence-electron chi connectivity index (χ0n) is 17.8. The maximum Gasteiger partial charge on any atom is 0.269 e. The molecule has 0 saturated heterocycles. The topological polar surface area (TPSA) is 126 Å². The fourth-order valence-electron chi connectivity index (χ4n) is 3.54. The van der Waals surface area contributed by atoms with Crippen molar-refractivity contribution in [3.8, 4) is 22.9 Å². The molecule has 0 fully saturated rings. The summed E-state index contributed by atoms with van der Waals surface area (Å²) in [6, 6.07) is 16.4. The summed E-state index contributed by atoms with van der Waals surface area (Å²) in [7, 11) is -3.44. The second kappa shape index (κ2) is 8.08. The Morgan fingerprint density at radius 2 is 1.74 bits per heavy atom. The lowest BCUT2D eigenvalue weighted by molar-refractivity contribution is 0.601. The molecule has 34 heavy (non-hydrogen) atoms. The van der Waals surface area contributed by atoms with Gasteiger partial charge in [-0.15, -0.1) is 0 Å². The molecule has 3 aromatic heterocycles. The summed E-state index contributed by atoms with van der Waals surface area (Å²) in [5, 5.41) is 5.11. The maximum atomic E-state index is 13.6. The van der Waals surface area contributed by atoms with Gasteiger partial charge in [0.1, 0.15) is 11.1 Å². The summed E-state index contributed by atoms with van der Waals surface area (Å²) >= 11 is 6.04. The van der Waals surface area contributed by atoms with E-state index in [0.29, 0.717) is 27.8 Å². The smallest absolute Gasteiger partial charge is 0.269 e. The number of benzene rings is 2. The number of nitrogens with two attached hydrogens (primary N) is 1. The molecule has 5 aromatic rings. The Hall–Kier alpha value is -4.02. The number of hydrogen-bond acceptors (Lipinski definition) is 7. The van der Waals surface area contributed by atoms with Gasteiger partial charge in [0.2, 0.25) is 0 Å². The van der Waals surface area contributed by atoms with Crippen molar-refractivity contribution in [2.45, 2.75) is 4.90 Å². The molecular weight excluding hydrogens is 476 g/mol. The van der Waals surface area contributed by atoms with E-state index >= 15 is 0 Å². The van der Waals surface area contributed by atoms with E-state index in [0.717, 1.165) is 6.26 Å². The first-order chi connectivity index (χ1) is 16.2. The van der Waals surface area contributed by atoms with Crippen molar-refractivity contribution in [1.82, 2.24) is 24.3 Å². The third-order valence-electron chi connectivity index (χ3n) is 5.19. The highest BCUT2D eigenvalue weighted by molar-refractivity contribution is 7.90. The number of sulfone groups is 1. The van der Waals surface area contributed by atoms with E-state index in [1.165, 1.54) is 33.8 Å². The lowest BCUT2D eigenvalue weighted by Gasteiger charge is -2.13. The average Bonchev–Trinajstić information content (AvgIpc) is 3.24. The van der Waals surface area contributed by atoms with E-state index in [-0.39, 0.29) is 27.3 Å². The van der Waals surface area contributed by atoms with Gasteiger partial charge < -0.3 is 5.73 Å². The highest BCUT2D eigenvalue weighted by Crippen LogP contribution is 2.24. The molecule has 0 atom stereocenters. The molecule has 3 heterocycles. The zero-order chi connectivity index (χ0) is 24.0. The Morgan fingerprint density at radius 1 is 0.971 bits per heavy atom. The summed E-state index contributed by atoms with van der Waals surface area (Å²) in [4.78, 5) is 22.9. The highest BCUT2D eigenvalue weighted by atomic mass is 35.5. The second-order valence-electron chi connectivity index (χ2n) is 7.59. The van der Waals surface area contributed by atoms with Crippen molar-refractivity contribution in [3.05, 3.63) is 88.4 Å². The summed E-state index contributed by atoms with van der Waals surface area (Å²) in [5.74, 6) is 0.265. The van der Waals surface area contributed by atoms with Gasteiger partial charge in [-0.25, -0.2) is 18.1 Å². The van der Waals surface area contributed by atoms with Crippen molar-refractivity contribution < 1.29 is 8.42 Å². The van der Waals surface area contributed by atoms with E-state index in [9.17, 15) is 13.2 Å². The van der Waals surface area contributed by atoms with Gasteiger partial charge >= 0.3 is 0 Å². The minimum atomic E-state index is -3.44. The van der Waals surface area contributed by atoms with Crippen LogP contribution in [0.5, 0.6) is 0 Å². The highest BCUT2D eigenvalue weighted by Gasteiger charge is 2.20. The lowest BCUT2D eigenvalue weighted by atomic mass is 10.2. The number of halogens is 1. The normalized spacial score (nSPS) is 11.7. The van der Waals surface area contributed by atoms with Crippen molar-refractivity contribution in [3.63, 3.8) is 0 Å². The Balaban J connectivity index is 1.82. The molecule has 0 amide bonds. The molecule has 0 unspecified atom stereocenters. The Morgan fingerprint density at radius 3 is 2.41 bits per heavy atom. The number of fused-ring (bicyclic) bond motifs is 1. The van der Waals surface area contributed by atoms with Crippen LogP contribution < -0.4 is 11.3 Å². The first kappa shape index (κ1) is 21.8. The molecule has 5 rings (SSSR count). The fourth-order valence-corrected chi connectivity index (χ4v) is 4.33. The van der Waals surface area contributed by atoms with E-state index in [1.807, 2.05) is 0 Å². The molecule has 9 nitrogen and oxygen atoms in total. The molecule has 11 heteroatoms. The monoisotopic (exact) mass is 492 g/mol. The van der Waals surface area contributed by atoms with E-state index in [2.05, 4.69) is 10.1 Å². The Kier molecular flexibility index (Phi) is 5.18. The third-order valence-corrected chi connectivity index (χ3v) is 6.55. The van der Waals surface area contributed by atoms with Crippen LogP contribution in [0.4, 0.5) is 5.69 Å². The second-order valence-corrected chi connectivity index (χ2v) is 10.0. The number of rotatable bonds is 4. The van der Waals surface area contributed by atoms with Crippen molar-refractivity contribution in [1.29, 1.82) is 0 Å². The van der Waals surface area contributed by atoms with Gasteiger partial charge in [0.15, 0.2) is 21.3 Å². The van der Waals surface area contributed by atoms with Gasteiger partial charge in [-0.3, -0.25) is 14.3 Å². The van der Waals surface area contributed by atoms with E-state index in [1.54, 1.807) is 48.5 Å². The molecule has 0 aliphatic carbocycles. The van der Waals surface area contributed by atoms with Gasteiger partial charge in [0.25, 0.3) is 5.56 Å². The Labute approximate surface area is 199 Å². The molecule has 0 aliphatic rings. The van der Waals surface area contributed by atoms with Crippen LogP contribution in [0.1, 0.15) is 0 Å². The van der Waals surface area contributed by atoms with Crippen LogP contribution in [-0.4, -0.2) is 39.0 Å². The van der Waals surface area contributed by atoms with Crippen molar-refractivity contribution in [2.24, 2.45) is 0 Å². The number of nitrogen functional groups attached to an aromatic ring is 1. The van der Waals surface area contributed by atoms with E-state index in [4.69, 9.17) is 22.3 Å². The van der Waals surface area contributed by atoms with Crippen molar-refractivity contribution >= 4 is 38.2 Å². The lowest BCUT2D eigenvalue weighted by Crippen LogP contribution is -2.22. The summed E-state index contributed by atoms with van der Waals surface area (Å²) in [6.07, 6.45) is 4.01. The van der Waals surface area contributed by atoms with Crippen LogP contribution in [0.3, 0.4) is 0 Å². The molecule has 0 saturated carbocycles. The van der Waals surface area contributed by atoms with Gasteiger partial charge in [0.05, 0.1) is 34.4 Å². The number of anilines is 1. The number of aromatic nitrogens is 5. The van der Waals surface area contributed by atoms with Gasteiger partial charge in [-0.2, -0.15) is 5.10 Å². The van der Waals surface area contributed by atoms with Gasteiger partial charge in [-0.1, -0.05) is 17.7 Å². The molecule has 0 bridgehead atoms. The minimum absolute atomic E-state index is 0.128. The summed E-state index contributed by atoms with van der Waals surface area (Å²) < 4.78 is 26.9. The maximum absolute atomic E-state index is 13.6. The predicted octanol–water partition coefficient (Wildman–Crippen LogP) is 3.27. The summed E-state index contributed by atoms with van der Waals surface area (Å²) in [5.41, 5.74) is 7.56. The molecule has 2 aromatic carbocycles. The molecule has 0 aliphatic heterocycles. The largest absolute Gasteiger partial charge is 0.397 e. The number of nitrogens with zero attached hydrogens (tertiary/aromatic N) is 5. The quantitative estimate of drug-likeness (QED) is 0.408. The molecule has 2 N–H and O–H groups in total. The van der Waals surface area contributed by atoms with Crippen LogP contribution in [0.15, 0.2) is 82.7 Å². The number of hydrogen-bond donors (Lipinski definition) is 1. The third kappa shape index (κ3) is 3.82. The molecule has 0 radical (unpaired) electrons. The van der Waals surface area contributed by atoms with Crippen LogP contribution >= 0.6 is 11.6 Å². The molecule has 0 spiro atoms. The van der Waals surface area contributed by atoms with Gasteiger partial charge in [-0.05, 0) is 54.6 Å². The van der Waals surface area contributed by atoms with Crippen LogP contribution in [0.2, 0.25) is 5.02 Å². The zero-order valence-corrected chi connectivity index (χ0v) is 19.3. The molecular formula is C23H17ClN6O3S. The van der Waals surface area contributed by atoms with Gasteiger partial charge in [0, 0.05) is 11.3 Å². The fraction of sp³-hybridized carbons (Fsp3) is 0.0435. The average molecular weight is 493 g/mol. The summed E-state index contributed by atoms with van der Waals surface area (Å²) in [6.45, 7) is 0. The molecule has 170 valence electrons. The first-order valence-electron chi connectivity index (χ1n) is 10.0. The number of pyridine rings is 1. The first-order valence-corrected chi connectivity index (χ1v) is 12.3. The predicted molar refractivity (Wildman–Crippen MR) is 130 cm³/mol. The minimum Gasteiger partial charge on any atom is -0.397 e. The van der Waals surface area contributed by atoms with Crippen LogP contribution in [-0.2, 0) is 9.84 Å². The van der Waals surface area contributed by atoms with E-state index < -0.39 is 9.84 Å². The standard InChI is InChI=1S/C23H17ClN6O3S/c1-34(32,33)18-4-2-3-17(11-18)30-21-19(13-27-30)23(31)29(16-8-5-14(24)6-9-16)22(28-21)20-10-7-15(25)12-26-20/h2-13H,25H2,1H3. The Bertz CT molecular complexity index is 1710.